The Balaban J connectivity index is 1.85. The number of benzene rings is 1. The van der Waals surface area contributed by atoms with Gasteiger partial charge in [-0.2, -0.15) is 0 Å². The molecule has 0 aliphatic heterocycles. The minimum atomic E-state index is -0.473. The maximum absolute atomic E-state index is 12.1. The smallest absolute Gasteiger partial charge is 0.0747 e. The van der Waals surface area contributed by atoms with Crippen LogP contribution in [0.4, 0.5) is 0 Å². The van der Waals surface area contributed by atoms with Gasteiger partial charge in [0.05, 0.1) is 5.60 Å². The Morgan fingerprint density at radius 2 is 1.58 bits per heavy atom. The molecule has 0 aromatic heterocycles. The van der Waals surface area contributed by atoms with Crippen molar-refractivity contribution in [2.45, 2.75) is 63.4 Å². The van der Waals surface area contributed by atoms with Gasteiger partial charge in [-0.15, -0.1) is 0 Å². The van der Waals surface area contributed by atoms with Gasteiger partial charge in [0.25, 0.3) is 0 Å². The van der Waals surface area contributed by atoms with Gasteiger partial charge in [0.2, 0.25) is 0 Å². The second-order valence-corrected chi connectivity index (χ2v) is 8.50. The molecule has 2 fully saturated rings. The van der Waals surface area contributed by atoms with Crippen LogP contribution in [0.2, 0.25) is 0 Å². The summed E-state index contributed by atoms with van der Waals surface area (Å²) in [4.78, 5) is 2.28. The number of hydrogen-bond acceptors (Lipinski definition) is 2. The molecule has 1 N–H and O–H groups in total. The summed E-state index contributed by atoms with van der Waals surface area (Å²) in [6.07, 6.45) is 11.1. The van der Waals surface area contributed by atoms with Gasteiger partial charge in [-0.3, -0.25) is 0 Å². The van der Waals surface area contributed by atoms with E-state index in [1.54, 1.807) is 0 Å². The average Bonchev–Trinajstić information content (AvgIpc) is 2.60. The second kappa shape index (κ2) is 8.01. The third-order valence-corrected chi connectivity index (χ3v) is 6.58. The molecule has 0 amide bonds. The molecule has 1 aromatic carbocycles. The van der Waals surface area contributed by atoms with Crippen LogP contribution in [0, 0.1) is 17.8 Å². The first-order valence-corrected chi connectivity index (χ1v) is 10.0. The van der Waals surface area contributed by atoms with Crippen molar-refractivity contribution in [1.82, 2.24) is 4.90 Å². The minimum Gasteiger partial charge on any atom is -0.389 e. The summed E-state index contributed by atoms with van der Waals surface area (Å²) in [5.74, 6) is 1.35. The molecule has 1 aromatic rings. The van der Waals surface area contributed by atoms with Gasteiger partial charge >= 0.3 is 0 Å². The van der Waals surface area contributed by atoms with Gasteiger partial charge in [0.1, 0.15) is 0 Å². The molecule has 134 valence electrons. The molecule has 2 heteroatoms. The molecule has 0 radical (unpaired) electrons. The van der Waals surface area contributed by atoms with Gasteiger partial charge in [0, 0.05) is 12.5 Å². The van der Waals surface area contributed by atoms with Crippen LogP contribution in [0.5, 0.6) is 0 Å². The summed E-state index contributed by atoms with van der Waals surface area (Å²) in [7, 11) is 4.31. The van der Waals surface area contributed by atoms with Crippen molar-refractivity contribution in [3.8, 4) is 0 Å². The van der Waals surface area contributed by atoms with Gasteiger partial charge in [-0.25, -0.2) is 0 Å². The molecule has 3 rings (SSSR count). The van der Waals surface area contributed by atoms with E-state index in [1.165, 1.54) is 56.9 Å². The van der Waals surface area contributed by atoms with E-state index < -0.39 is 5.60 Å². The Hall–Kier alpha value is -0.860. The fraction of sp³-hybridized carbons (Fsp3) is 0.727. The summed E-state index contributed by atoms with van der Waals surface area (Å²) in [6.45, 7) is 1.03. The SMILES string of the molecule is CN(C)CC1CCCC(Cc2ccccc2)C1(O)C1CCCCC1. The summed E-state index contributed by atoms with van der Waals surface area (Å²) in [5, 5.41) is 12.1. The van der Waals surface area contributed by atoms with E-state index in [0.29, 0.717) is 17.8 Å². The van der Waals surface area contributed by atoms with E-state index in [1.807, 2.05) is 0 Å². The summed E-state index contributed by atoms with van der Waals surface area (Å²) >= 11 is 0. The van der Waals surface area contributed by atoms with Crippen LogP contribution >= 0.6 is 0 Å². The van der Waals surface area contributed by atoms with Gasteiger partial charge in [-0.1, -0.05) is 56.0 Å². The van der Waals surface area contributed by atoms with Crippen molar-refractivity contribution < 1.29 is 5.11 Å². The monoisotopic (exact) mass is 329 g/mol. The molecule has 3 atom stereocenters. The van der Waals surface area contributed by atoms with Crippen LogP contribution < -0.4 is 0 Å². The van der Waals surface area contributed by atoms with E-state index in [2.05, 4.69) is 49.3 Å². The Morgan fingerprint density at radius 1 is 0.917 bits per heavy atom. The molecule has 0 heterocycles. The summed E-state index contributed by atoms with van der Waals surface area (Å²) in [6, 6.07) is 10.8. The summed E-state index contributed by atoms with van der Waals surface area (Å²) in [5.41, 5.74) is 0.918. The first-order valence-electron chi connectivity index (χ1n) is 10.0. The first kappa shape index (κ1) is 17.9. The lowest BCUT2D eigenvalue weighted by Gasteiger charge is -2.52. The van der Waals surface area contributed by atoms with Crippen molar-refractivity contribution in [2.24, 2.45) is 17.8 Å². The van der Waals surface area contributed by atoms with Crippen LogP contribution in [-0.4, -0.2) is 36.2 Å². The van der Waals surface area contributed by atoms with Gasteiger partial charge in [-0.05, 0) is 63.6 Å². The van der Waals surface area contributed by atoms with E-state index in [-0.39, 0.29) is 0 Å². The minimum absolute atomic E-state index is 0.418. The molecular weight excluding hydrogens is 294 g/mol. The topological polar surface area (TPSA) is 23.5 Å². The second-order valence-electron chi connectivity index (χ2n) is 8.50. The average molecular weight is 330 g/mol. The third kappa shape index (κ3) is 3.86. The van der Waals surface area contributed by atoms with Crippen molar-refractivity contribution in [3.63, 3.8) is 0 Å². The predicted octanol–water partition coefficient (Wildman–Crippen LogP) is 4.52. The zero-order valence-electron chi connectivity index (χ0n) is 15.6. The largest absolute Gasteiger partial charge is 0.389 e. The molecule has 0 saturated heterocycles. The van der Waals surface area contributed by atoms with Crippen LogP contribution in [-0.2, 0) is 6.42 Å². The zero-order chi connectivity index (χ0) is 17.0. The first-order chi connectivity index (χ1) is 11.6. The normalized spacial score (nSPS) is 32.2. The quantitative estimate of drug-likeness (QED) is 0.858. The Bertz CT molecular complexity index is 494. The van der Waals surface area contributed by atoms with Gasteiger partial charge < -0.3 is 10.0 Å². The molecule has 2 aliphatic rings. The highest BCUT2D eigenvalue weighted by Crippen LogP contribution is 2.49. The number of rotatable bonds is 5. The van der Waals surface area contributed by atoms with Gasteiger partial charge in [0.15, 0.2) is 0 Å². The fourth-order valence-electron chi connectivity index (χ4n) is 5.48. The van der Waals surface area contributed by atoms with E-state index in [0.717, 1.165) is 13.0 Å². The van der Waals surface area contributed by atoms with Crippen molar-refractivity contribution in [2.75, 3.05) is 20.6 Å². The van der Waals surface area contributed by atoms with E-state index in [4.69, 9.17) is 0 Å². The Labute approximate surface area is 148 Å². The lowest BCUT2D eigenvalue weighted by Crippen LogP contribution is -2.57. The van der Waals surface area contributed by atoms with Crippen LogP contribution in [0.25, 0.3) is 0 Å². The Morgan fingerprint density at radius 3 is 2.25 bits per heavy atom. The number of nitrogens with zero attached hydrogens (tertiary/aromatic N) is 1. The Kier molecular flexibility index (Phi) is 5.99. The highest BCUT2D eigenvalue weighted by atomic mass is 16.3. The molecule has 3 unspecified atom stereocenters. The molecule has 24 heavy (non-hydrogen) atoms. The molecular formula is C22H35NO. The maximum atomic E-state index is 12.1. The van der Waals surface area contributed by atoms with Crippen LogP contribution in [0.3, 0.4) is 0 Å². The maximum Gasteiger partial charge on any atom is 0.0747 e. The lowest BCUT2D eigenvalue weighted by molar-refractivity contribution is -0.148. The van der Waals surface area contributed by atoms with Crippen molar-refractivity contribution in [1.29, 1.82) is 0 Å². The molecule has 0 spiro atoms. The predicted molar refractivity (Wildman–Crippen MR) is 101 cm³/mol. The van der Waals surface area contributed by atoms with Crippen LogP contribution in [0.1, 0.15) is 56.9 Å². The van der Waals surface area contributed by atoms with Crippen molar-refractivity contribution in [3.05, 3.63) is 35.9 Å². The van der Waals surface area contributed by atoms with E-state index in [9.17, 15) is 5.11 Å². The van der Waals surface area contributed by atoms with Crippen molar-refractivity contribution >= 4 is 0 Å². The highest BCUT2D eigenvalue weighted by molar-refractivity contribution is 5.17. The molecule has 2 aliphatic carbocycles. The molecule has 2 saturated carbocycles. The summed E-state index contributed by atoms with van der Waals surface area (Å²) < 4.78 is 0. The molecule has 0 bridgehead atoms. The molecule has 2 nitrogen and oxygen atoms in total. The highest BCUT2D eigenvalue weighted by Gasteiger charge is 2.50. The number of hydrogen-bond donors (Lipinski definition) is 1. The number of aliphatic hydroxyl groups is 1. The lowest BCUT2D eigenvalue weighted by atomic mass is 9.58. The van der Waals surface area contributed by atoms with Crippen LogP contribution in [0.15, 0.2) is 30.3 Å². The van der Waals surface area contributed by atoms with E-state index >= 15 is 0 Å². The fourth-order valence-corrected chi connectivity index (χ4v) is 5.48. The zero-order valence-corrected chi connectivity index (χ0v) is 15.6. The standard InChI is InChI=1S/C22H35NO/c1-23(2)17-21-15-9-14-20(16-18-10-5-3-6-11-18)22(21,24)19-12-7-4-8-13-19/h3,5-6,10-11,19-21,24H,4,7-9,12-17H2,1-2H3. The third-order valence-electron chi connectivity index (χ3n) is 6.58.